The Morgan fingerprint density at radius 2 is 1.55 bits per heavy atom. The van der Waals surface area contributed by atoms with Crippen molar-refractivity contribution in [1.29, 1.82) is 0 Å². The van der Waals surface area contributed by atoms with Crippen molar-refractivity contribution in [1.82, 2.24) is 10.2 Å². The number of carbonyl (C=O) groups excluding carboxylic acids is 2. The van der Waals surface area contributed by atoms with Gasteiger partial charge in [-0.2, -0.15) is 0 Å². The van der Waals surface area contributed by atoms with Crippen LogP contribution in [0.15, 0.2) is 95.6 Å². The quantitative estimate of drug-likeness (QED) is 0.420. The van der Waals surface area contributed by atoms with Gasteiger partial charge in [-0.25, -0.2) is 4.79 Å². The minimum atomic E-state index is -0.763. The number of furan rings is 1. The van der Waals surface area contributed by atoms with Crippen molar-refractivity contribution in [2.45, 2.75) is 25.6 Å². The largest absolute Gasteiger partial charge is 0.464 e. The van der Waals surface area contributed by atoms with E-state index in [4.69, 9.17) is 9.15 Å². The second-order valence-corrected chi connectivity index (χ2v) is 7.85. The molecular formula is C27H26N2O4. The summed E-state index contributed by atoms with van der Waals surface area (Å²) >= 11 is 0. The molecular weight excluding hydrogens is 416 g/mol. The second kappa shape index (κ2) is 10.5. The summed E-state index contributed by atoms with van der Waals surface area (Å²) in [6.45, 7) is 0.806. The van der Waals surface area contributed by atoms with Crippen molar-refractivity contribution in [3.05, 3.63) is 108 Å². The standard InChI is InChI=1S/C27H26N2O4/c1-32-27(31)28-24(17-20-8-4-2-5-9-20)26(30)29(18-21-10-6-3-7-11-21)19-22-12-13-25-23(16-22)14-15-33-25/h2-16,24H,17-19H2,1H3,(H,28,31)/t24-/m1/s1. The number of ether oxygens (including phenoxy) is 1. The molecule has 0 saturated heterocycles. The number of carbonyl (C=O) groups is 2. The average molecular weight is 443 g/mol. The topological polar surface area (TPSA) is 71.8 Å². The summed E-state index contributed by atoms with van der Waals surface area (Å²) in [6, 6.07) is 26.5. The van der Waals surface area contributed by atoms with Crippen molar-refractivity contribution in [3.63, 3.8) is 0 Å². The molecule has 0 saturated carbocycles. The van der Waals surface area contributed by atoms with Crippen LogP contribution in [0.2, 0.25) is 0 Å². The molecule has 1 aromatic heterocycles. The molecule has 0 aliphatic carbocycles. The highest BCUT2D eigenvalue weighted by Gasteiger charge is 2.27. The highest BCUT2D eigenvalue weighted by atomic mass is 16.5. The summed E-state index contributed by atoms with van der Waals surface area (Å²) < 4.78 is 10.2. The van der Waals surface area contributed by atoms with E-state index in [9.17, 15) is 9.59 Å². The van der Waals surface area contributed by atoms with Gasteiger partial charge < -0.3 is 19.4 Å². The van der Waals surface area contributed by atoms with Crippen LogP contribution in [0.4, 0.5) is 4.79 Å². The first-order valence-corrected chi connectivity index (χ1v) is 10.8. The molecule has 3 aromatic carbocycles. The number of hydrogen-bond donors (Lipinski definition) is 1. The monoisotopic (exact) mass is 442 g/mol. The summed E-state index contributed by atoms with van der Waals surface area (Å²) in [6.07, 6.45) is 1.38. The first kappa shape index (κ1) is 22.1. The van der Waals surface area contributed by atoms with Gasteiger partial charge in [0, 0.05) is 24.9 Å². The molecule has 2 amide bonds. The van der Waals surface area contributed by atoms with Crippen molar-refractivity contribution in [2.75, 3.05) is 7.11 Å². The van der Waals surface area contributed by atoms with Gasteiger partial charge >= 0.3 is 6.09 Å². The smallest absolute Gasteiger partial charge is 0.407 e. The van der Waals surface area contributed by atoms with Gasteiger partial charge in [-0.15, -0.1) is 0 Å². The van der Waals surface area contributed by atoms with E-state index in [2.05, 4.69) is 5.32 Å². The highest BCUT2D eigenvalue weighted by molar-refractivity contribution is 5.86. The SMILES string of the molecule is COC(=O)N[C@H](Cc1ccccc1)C(=O)N(Cc1ccccc1)Cc1ccc2occc2c1. The highest BCUT2D eigenvalue weighted by Crippen LogP contribution is 2.20. The zero-order valence-electron chi connectivity index (χ0n) is 18.4. The van der Waals surface area contributed by atoms with E-state index < -0.39 is 12.1 Å². The Morgan fingerprint density at radius 3 is 2.24 bits per heavy atom. The normalized spacial score (nSPS) is 11.7. The summed E-state index contributed by atoms with van der Waals surface area (Å²) in [4.78, 5) is 27.6. The first-order valence-electron chi connectivity index (χ1n) is 10.8. The number of nitrogens with one attached hydrogen (secondary N) is 1. The van der Waals surface area contributed by atoms with Crippen LogP contribution in [0.5, 0.6) is 0 Å². The van der Waals surface area contributed by atoms with E-state index in [-0.39, 0.29) is 5.91 Å². The van der Waals surface area contributed by atoms with Gasteiger partial charge in [-0.3, -0.25) is 4.79 Å². The van der Waals surface area contributed by atoms with Crippen molar-refractivity contribution in [2.24, 2.45) is 0 Å². The van der Waals surface area contributed by atoms with E-state index in [1.54, 1.807) is 11.2 Å². The summed E-state index contributed by atoms with van der Waals surface area (Å²) in [5, 5.41) is 3.70. The molecule has 0 radical (unpaired) electrons. The van der Waals surface area contributed by atoms with Gasteiger partial charge in [0.1, 0.15) is 11.6 Å². The lowest BCUT2D eigenvalue weighted by Crippen LogP contribution is -2.49. The zero-order chi connectivity index (χ0) is 23.0. The molecule has 4 aromatic rings. The number of hydrogen-bond acceptors (Lipinski definition) is 4. The molecule has 1 atom stereocenters. The van der Waals surface area contributed by atoms with Gasteiger partial charge in [-0.05, 0) is 34.9 Å². The summed E-state index contributed by atoms with van der Waals surface area (Å²) in [7, 11) is 1.29. The third-order valence-corrected chi connectivity index (χ3v) is 5.48. The van der Waals surface area contributed by atoms with Crippen molar-refractivity contribution < 1.29 is 18.7 Å². The molecule has 1 heterocycles. The zero-order valence-corrected chi connectivity index (χ0v) is 18.4. The Hall–Kier alpha value is -4.06. The van der Waals surface area contributed by atoms with Crippen molar-refractivity contribution >= 4 is 23.0 Å². The van der Waals surface area contributed by atoms with E-state index in [0.717, 1.165) is 27.7 Å². The Kier molecular flexibility index (Phi) is 7.05. The summed E-state index contributed by atoms with van der Waals surface area (Å²) in [5.74, 6) is -0.180. The third-order valence-electron chi connectivity index (χ3n) is 5.48. The minimum Gasteiger partial charge on any atom is -0.464 e. The third kappa shape index (κ3) is 5.80. The Labute approximate surface area is 192 Å². The van der Waals surface area contributed by atoms with Gasteiger partial charge in [-0.1, -0.05) is 66.7 Å². The van der Waals surface area contributed by atoms with E-state index >= 15 is 0 Å². The number of nitrogens with zero attached hydrogens (tertiary/aromatic N) is 1. The maximum absolute atomic E-state index is 13.8. The lowest BCUT2D eigenvalue weighted by molar-refractivity contribution is -0.134. The fourth-order valence-electron chi connectivity index (χ4n) is 3.82. The molecule has 0 aliphatic rings. The fourth-order valence-corrected chi connectivity index (χ4v) is 3.82. The lowest BCUT2D eigenvalue weighted by atomic mass is 10.0. The van der Waals surface area contributed by atoms with E-state index in [0.29, 0.717) is 19.5 Å². The summed E-state index contributed by atoms with van der Waals surface area (Å²) in [5.41, 5.74) is 3.73. The van der Waals surface area contributed by atoms with Crippen LogP contribution in [0.25, 0.3) is 11.0 Å². The number of benzene rings is 3. The maximum Gasteiger partial charge on any atom is 0.407 e. The van der Waals surface area contributed by atoms with Gasteiger partial charge in [0.25, 0.3) is 0 Å². The van der Waals surface area contributed by atoms with Crippen LogP contribution in [0, 0.1) is 0 Å². The molecule has 1 N–H and O–H groups in total. The number of amides is 2. The van der Waals surface area contributed by atoms with Crippen LogP contribution in [0.1, 0.15) is 16.7 Å². The number of fused-ring (bicyclic) bond motifs is 1. The van der Waals surface area contributed by atoms with Crippen LogP contribution >= 0.6 is 0 Å². The maximum atomic E-state index is 13.8. The minimum absolute atomic E-state index is 0.180. The fraction of sp³-hybridized carbons (Fsp3) is 0.185. The predicted octanol–water partition coefficient (Wildman–Crippen LogP) is 4.93. The molecule has 0 unspecified atom stereocenters. The van der Waals surface area contributed by atoms with Crippen molar-refractivity contribution in [3.8, 4) is 0 Å². The Bertz CT molecular complexity index is 1200. The first-order chi connectivity index (χ1) is 16.1. The van der Waals surface area contributed by atoms with Crippen LogP contribution in [-0.2, 0) is 29.0 Å². The second-order valence-electron chi connectivity index (χ2n) is 7.85. The molecule has 4 rings (SSSR count). The molecule has 0 bridgehead atoms. The molecule has 6 nitrogen and oxygen atoms in total. The van der Waals surface area contributed by atoms with E-state index in [1.807, 2.05) is 84.9 Å². The van der Waals surface area contributed by atoms with Gasteiger partial charge in [0.15, 0.2) is 0 Å². The number of alkyl carbamates (subject to hydrolysis) is 1. The van der Waals surface area contributed by atoms with Gasteiger partial charge in [0.2, 0.25) is 5.91 Å². The molecule has 0 aliphatic heterocycles. The van der Waals surface area contributed by atoms with Crippen LogP contribution < -0.4 is 5.32 Å². The van der Waals surface area contributed by atoms with Gasteiger partial charge in [0.05, 0.1) is 13.4 Å². The predicted molar refractivity (Wildman–Crippen MR) is 126 cm³/mol. The lowest BCUT2D eigenvalue weighted by Gasteiger charge is -2.28. The van der Waals surface area contributed by atoms with Crippen LogP contribution in [0.3, 0.4) is 0 Å². The molecule has 0 fully saturated rings. The molecule has 6 heteroatoms. The number of methoxy groups -OCH3 is 1. The molecule has 0 spiro atoms. The van der Waals surface area contributed by atoms with E-state index in [1.165, 1.54) is 7.11 Å². The van der Waals surface area contributed by atoms with Crippen LogP contribution in [-0.4, -0.2) is 30.1 Å². The Balaban J connectivity index is 1.62. The molecule has 168 valence electrons. The average Bonchev–Trinajstić information content (AvgIpc) is 3.32. The molecule has 33 heavy (non-hydrogen) atoms. The Morgan fingerprint density at radius 1 is 0.879 bits per heavy atom. The number of rotatable bonds is 8.